The lowest BCUT2D eigenvalue weighted by atomic mass is 9.85. The molecule has 0 saturated heterocycles. The van der Waals surface area contributed by atoms with Crippen LogP contribution in [-0.4, -0.2) is 31.0 Å². The third kappa shape index (κ3) is 3.22. The maximum Gasteiger partial charge on any atom is 0.338 e. The van der Waals surface area contributed by atoms with Crippen molar-refractivity contribution in [2.45, 2.75) is 25.0 Å². The van der Waals surface area contributed by atoms with Gasteiger partial charge in [0.1, 0.15) is 6.10 Å². The van der Waals surface area contributed by atoms with E-state index in [1.807, 2.05) is 26.2 Å². The molecule has 2 unspecified atom stereocenters. The zero-order valence-electron chi connectivity index (χ0n) is 13.5. The third-order valence-electron chi connectivity index (χ3n) is 4.46. The van der Waals surface area contributed by atoms with Gasteiger partial charge >= 0.3 is 5.97 Å². The van der Waals surface area contributed by atoms with Crippen LogP contribution in [0.25, 0.3) is 0 Å². The molecule has 1 aliphatic rings. The molecule has 120 valence electrons. The number of hydrogen-bond donors (Lipinski definition) is 1. The molecule has 1 aliphatic carbocycles. The fraction of sp³-hybridized carbons (Fsp3) is 0.316. The number of likely N-dealkylation sites (N-methyl/N-ethyl adjacent to an activating group) is 1. The van der Waals surface area contributed by atoms with Gasteiger partial charge in [0.2, 0.25) is 0 Å². The Morgan fingerprint density at radius 3 is 2.52 bits per heavy atom. The first-order valence-corrected chi connectivity index (χ1v) is 7.87. The molecule has 0 heterocycles. The van der Waals surface area contributed by atoms with Crippen molar-refractivity contribution in [2.75, 3.05) is 19.8 Å². The van der Waals surface area contributed by atoms with Crippen molar-refractivity contribution in [3.63, 3.8) is 0 Å². The third-order valence-corrected chi connectivity index (χ3v) is 4.46. The highest BCUT2D eigenvalue weighted by Crippen LogP contribution is 2.35. The Hall–Kier alpha value is -2.33. The van der Waals surface area contributed by atoms with Gasteiger partial charge < -0.3 is 15.4 Å². The first-order chi connectivity index (χ1) is 11.1. The topological polar surface area (TPSA) is 55.6 Å². The quantitative estimate of drug-likeness (QED) is 0.699. The Bertz CT molecular complexity index is 695. The molecular weight excluding hydrogens is 288 g/mol. The van der Waals surface area contributed by atoms with Gasteiger partial charge in [0.05, 0.1) is 11.6 Å². The van der Waals surface area contributed by atoms with Crippen LogP contribution in [0.3, 0.4) is 0 Å². The number of esters is 1. The molecule has 2 aromatic carbocycles. The monoisotopic (exact) mass is 310 g/mol. The van der Waals surface area contributed by atoms with Gasteiger partial charge in [-0.1, -0.05) is 24.3 Å². The molecule has 2 aromatic rings. The summed E-state index contributed by atoms with van der Waals surface area (Å²) in [5.41, 5.74) is 9.22. The van der Waals surface area contributed by atoms with Gasteiger partial charge in [-0.15, -0.1) is 0 Å². The van der Waals surface area contributed by atoms with Crippen LogP contribution in [0.5, 0.6) is 0 Å². The van der Waals surface area contributed by atoms with E-state index < -0.39 is 0 Å². The molecule has 4 heteroatoms. The number of benzene rings is 2. The minimum Gasteiger partial charge on any atom is -0.452 e. The summed E-state index contributed by atoms with van der Waals surface area (Å²) in [4.78, 5) is 14.7. The predicted octanol–water partition coefficient (Wildman–Crippen LogP) is 3.04. The lowest BCUT2D eigenvalue weighted by Gasteiger charge is -2.37. The number of hydrogen-bond acceptors (Lipinski definition) is 4. The van der Waals surface area contributed by atoms with Crippen LogP contribution in [0, 0.1) is 0 Å². The van der Waals surface area contributed by atoms with Crippen LogP contribution in [0.15, 0.2) is 48.5 Å². The van der Waals surface area contributed by atoms with Crippen molar-refractivity contribution in [3.8, 4) is 0 Å². The number of ether oxygens (including phenoxy) is 1. The summed E-state index contributed by atoms with van der Waals surface area (Å²) >= 11 is 0. The van der Waals surface area contributed by atoms with E-state index in [4.69, 9.17) is 10.5 Å². The number of carbonyl (C=O) groups is 1. The van der Waals surface area contributed by atoms with Crippen molar-refractivity contribution >= 4 is 11.7 Å². The molecule has 0 spiro atoms. The molecule has 2 atom stereocenters. The van der Waals surface area contributed by atoms with E-state index >= 15 is 0 Å². The zero-order chi connectivity index (χ0) is 16.4. The maximum atomic E-state index is 12.5. The van der Waals surface area contributed by atoms with Crippen LogP contribution in [-0.2, 0) is 11.2 Å². The van der Waals surface area contributed by atoms with Crippen LogP contribution in [0.1, 0.15) is 34.0 Å². The second kappa shape index (κ2) is 6.42. The Kier molecular flexibility index (Phi) is 4.35. The Balaban J connectivity index is 1.88. The summed E-state index contributed by atoms with van der Waals surface area (Å²) in [6.07, 6.45) is 1.73. The lowest BCUT2D eigenvalue weighted by molar-refractivity contribution is 0.000623. The lowest BCUT2D eigenvalue weighted by Crippen LogP contribution is -2.39. The van der Waals surface area contributed by atoms with Gasteiger partial charge in [-0.05, 0) is 62.3 Å². The molecule has 23 heavy (non-hydrogen) atoms. The van der Waals surface area contributed by atoms with Crippen molar-refractivity contribution in [1.29, 1.82) is 0 Å². The first kappa shape index (κ1) is 15.6. The van der Waals surface area contributed by atoms with Crippen molar-refractivity contribution in [3.05, 3.63) is 65.2 Å². The second-order valence-electron chi connectivity index (χ2n) is 6.22. The van der Waals surface area contributed by atoms with Gasteiger partial charge in [-0.2, -0.15) is 0 Å². The molecule has 2 N–H and O–H groups in total. The van der Waals surface area contributed by atoms with E-state index in [1.54, 1.807) is 24.3 Å². The summed E-state index contributed by atoms with van der Waals surface area (Å²) in [6.45, 7) is 0. The van der Waals surface area contributed by atoms with Crippen LogP contribution < -0.4 is 5.73 Å². The molecule has 0 radical (unpaired) electrons. The highest BCUT2D eigenvalue weighted by molar-refractivity contribution is 5.90. The van der Waals surface area contributed by atoms with Crippen molar-refractivity contribution in [2.24, 2.45) is 0 Å². The van der Waals surface area contributed by atoms with E-state index in [1.165, 1.54) is 5.56 Å². The highest BCUT2D eigenvalue weighted by atomic mass is 16.5. The number of carbonyl (C=O) groups excluding carboxylic acids is 1. The minimum absolute atomic E-state index is 0.183. The molecule has 0 fully saturated rings. The number of nitrogens with zero attached hydrogens (tertiary/aromatic N) is 1. The van der Waals surface area contributed by atoms with Gasteiger partial charge in [-0.3, -0.25) is 0 Å². The number of fused-ring (bicyclic) bond motifs is 1. The van der Waals surface area contributed by atoms with Gasteiger partial charge in [0.25, 0.3) is 0 Å². The number of aryl methyl sites for hydroxylation is 1. The minimum atomic E-state index is -0.307. The Morgan fingerprint density at radius 1 is 1.13 bits per heavy atom. The van der Waals surface area contributed by atoms with E-state index in [-0.39, 0.29) is 18.1 Å². The zero-order valence-corrected chi connectivity index (χ0v) is 13.5. The van der Waals surface area contributed by atoms with Gasteiger partial charge in [0.15, 0.2) is 0 Å². The number of nitrogens with two attached hydrogens (primary N) is 1. The molecule has 0 saturated carbocycles. The summed E-state index contributed by atoms with van der Waals surface area (Å²) in [5, 5.41) is 0. The maximum absolute atomic E-state index is 12.5. The fourth-order valence-corrected chi connectivity index (χ4v) is 3.18. The smallest absolute Gasteiger partial charge is 0.338 e. The largest absolute Gasteiger partial charge is 0.452 e. The fourth-order valence-electron chi connectivity index (χ4n) is 3.18. The first-order valence-electron chi connectivity index (χ1n) is 7.87. The molecule has 3 rings (SSSR count). The molecule has 0 aliphatic heterocycles. The number of nitrogen functional groups attached to an aromatic ring is 1. The summed E-state index contributed by atoms with van der Waals surface area (Å²) in [5.74, 6) is -0.307. The molecule has 0 amide bonds. The molecular formula is C19H22N2O2. The van der Waals surface area contributed by atoms with E-state index in [0.717, 1.165) is 18.4 Å². The molecule has 0 bridgehead atoms. The van der Waals surface area contributed by atoms with E-state index in [2.05, 4.69) is 17.0 Å². The summed E-state index contributed by atoms with van der Waals surface area (Å²) < 4.78 is 5.90. The molecule has 0 aromatic heterocycles. The SMILES string of the molecule is CN(C)C1CCc2ccccc2C1OC(=O)c1ccc(N)cc1. The highest BCUT2D eigenvalue weighted by Gasteiger charge is 2.33. The summed E-state index contributed by atoms with van der Waals surface area (Å²) in [7, 11) is 4.06. The number of anilines is 1. The van der Waals surface area contributed by atoms with Crippen LogP contribution >= 0.6 is 0 Å². The van der Waals surface area contributed by atoms with Crippen molar-refractivity contribution in [1.82, 2.24) is 4.90 Å². The Labute approximate surface area is 136 Å². The van der Waals surface area contributed by atoms with Crippen molar-refractivity contribution < 1.29 is 9.53 Å². The average Bonchev–Trinajstić information content (AvgIpc) is 2.55. The predicted molar refractivity (Wildman–Crippen MR) is 91.2 cm³/mol. The number of rotatable bonds is 3. The second-order valence-corrected chi connectivity index (χ2v) is 6.22. The summed E-state index contributed by atoms with van der Waals surface area (Å²) in [6, 6.07) is 15.2. The van der Waals surface area contributed by atoms with Crippen LogP contribution in [0.4, 0.5) is 5.69 Å². The Morgan fingerprint density at radius 2 is 1.83 bits per heavy atom. The van der Waals surface area contributed by atoms with Gasteiger partial charge in [0, 0.05) is 5.69 Å². The van der Waals surface area contributed by atoms with E-state index in [9.17, 15) is 4.79 Å². The van der Waals surface area contributed by atoms with Crippen LogP contribution in [0.2, 0.25) is 0 Å². The standard InChI is InChI=1S/C19H22N2O2/c1-21(2)17-12-9-13-5-3-4-6-16(13)18(17)23-19(22)14-7-10-15(20)11-8-14/h3-8,10-11,17-18H,9,12,20H2,1-2H3. The average molecular weight is 310 g/mol. The van der Waals surface area contributed by atoms with E-state index in [0.29, 0.717) is 11.3 Å². The normalized spacial score (nSPS) is 20.1. The molecule has 4 nitrogen and oxygen atoms in total. The van der Waals surface area contributed by atoms with Gasteiger partial charge in [-0.25, -0.2) is 4.79 Å².